The Morgan fingerprint density at radius 1 is 0.912 bits per heavy atom. The number of para-hydroxylation sites is 1. The zero-order chi connectivity index (χ0) is 23.8. The molecule has 0 saturated carbocycles. The van der Waals surface area contributed by atoms with Crippen molar-refractivity contribution in [3.05, 3.63) is 96.6 Å². The number of aromatic amines is 1. The van der Waals surface area contributed by atoms with Crippen LogP contribution in [0.1, 0.15) is 17.3 Å². The number of hydrogen-bond donors (Lipinski definition) is 3. The first-order valence-electron chi connectivity index (χ1n) is 10.7. The van der Waals surface area contributed by atoms with E-state index in [2.05, 4.69) is 32.0 Å². The van der Waals surface area contributed by atoms with E-state index in [1.807, 2.05) is 54.6 Å². The van der Waals surface area contributed by atoms with Crippen LogP contribution in [-0.2, 0) is 0 Å². The van der Waals surface area contributed by atoms with Gasteiger partial charge in [0.25, 0.3) is 5.91 Å². The molecule has 0 spiro atoms. The van der Waals surface area contributed by atoms with Crippen molar-refractivity contribution in [2.75, 3.05) is 11.9 Å². The predicted octanol–water partition coefficient (Wildman–Crippen LogP) is 5.06. The second kappa shape index (κ2) is 10.8. The zero-order valence-corrected chi connectivity index (χ0v) is 18.5. The van der Waals surface area contributed by atoms with E-state index < -0.39 is 0 Å². The molecule has 1 heterocycles. The van der Waals surface area contributed by atoms with Crippen LogP contribution in [-0.4, -0.2) is 38.2 Å². The first-order valence-corrected chi connectivity index (χ1v) is 10.7. The highest BCUT2D eigenvalue weighted by atomic mass is 16.5. The summed E-state index contributed by atoms with van der Waals surface area (Å²) < 4.78 is 5.95. The molecule has 0 aliphatic carbocycles. The number of hydrogen-bond acceptors (Lipinski definition) is 6. The average Bonchev–Trinajstić information content (AvgIpc) is 3.40. The highest BCUT2D eigenvalue weighted by Gasteiger charge is 2.13. The van der Waals surface area contributed by atoms with Crippen molar-refractivity contribution in [3.63, 3.8) is 0 Å². The fraction of sp³-hybridized carbons (Fsp3) is 0.0769. The van der Waals surface area contributed by atoms with Crippen molar-refractivity contribution >= 4 is 22.4 Å². The van der Waals surface area contributed by atoms with E-state index in [4.69, 9.17) is 9.84 Å². The molecule has 0 fully saturated rings. The Morgan fingerprint density at radius 2 is 1.59 bits per heavy atom. The van der Waals surface area contributed by atoms with Gasteiger partial charge in [-0.05, 0) is 71.4 Å². The molecule has 0 saturated heterocycles. The number of aromatic nitrogens is 4. The van der Waals surface area contributed by atoms with E-state index in [9.17, 15) is 4.79 Å². The minimum absolute atomic E-state index is 0.242. The van der Waals surface area contributed by atoms with Gasteiger partial charge in [-0.3, -0.25) is 4.79 Å². The van der Waals surface area contributed by atoms with Crippen LogP contribution in [0.15, 0.2) is 91.0 Å². The standard InChI is InChI=1S/C24H17N5O2.C2H6O/c30-24(25-22-8-4-3-7-21(22)23-26-28-29-27-23)17-10-12-19(13-11-17)31-20-14-9-16-5-1-2-6-18(16)15-20;1-2-3/h1-15H,(H,25,30)(H,26,27,28,29);3H,2H2,1H3. The lowest BCUT2D eigenvalue weighted by atomic mass is 10.1. The maximum absolute atomic E-state index is 12.7. The van der Waals surface area contributed by atoms with Gasteiger partial charge >= 0.3 is 0 Å². The Bertz CT molecular complexity index is 1370. The SMILES string of the molecule is CCO.O=C(Nc1ccccc1-c1nn[nH]n1)c1ccc(Oc2ccc3ccccc3c2)cc1. The molecule has 0 atom stereocenters. The van der Waals surface area contributed by atoms with Crippen LogP contribution in [0.5, 0.6) is 11.5 Å². The molecule has 34 heavy (non-hydrogen) atoms. The molecule has 0 bridgehead atoms. The quantitative estimate of drug-likeness (QED) is 0.343. The molecular weight excluding hydrogens is 430 g/mol. The number of carbonyl (C=O) groups is 1. The van der Waals surface area contributed by atoms with Crippen molar-refractivity contribution in [1.82, 2.24) is 20.6 Å². The number of ether oxygens (including phenoxy) is 1. The monoisotopic (exact) mass is 453 g/mol. The van der Waals surface area contributed by atoms with Gasteiger partial charge in [0.05, 0.1) is 5.69 Å². The zero-order valence-electron chi connectivity index (χ0n) is 18.5. The number of nitrogens with one attached hydrogen (secondary N) is 2. The molecule has 8 heteroatoms. The van der Waals surface area contributed by atoms with Crippen LogP contribution in [0.2, 0.25) is 0 Å². The molecule has 0 unspecified atom stereocenters. The number of aliphatic hydroxyl groups excluding tert-OH is 1. The van der Waals surface area contributed by atoms with E-state index in [0.717, 1.165) is 16.5 Å². The van der Waals surface area contributed by atoms with Gasteiger partial charge in [-0.15, -0.1) is 10.2 Å². The topological polar surface area (TPSA) is 113 Å². The van der Waals surface area contributed by atoms with Gasteiger partial charge in [0.15, 0.2) is 0 Å². The number of benzene rings is 4. The molecule has 0 aliphatic heterocycles. The van der Waals surface area contributed by atoms with E-state index in [-0.39, 0.29) is 12.5 Å². The van der Waals surface area contributed by atoms with Crippen LogP contribution in [0.3, 0.4) is 0 Å². The number of amides is 1. The third-order valence-electron chi connectivity index (χ3n) is 4.83. The minimum atomic E-state index is -0.242. The number of anilines is 1. The first-order chi connectivity index (χ1) is 16.7. The average molecular weight is 454 g/mol. The van der Waals surface area contributed by atoms with Gasteiger partial charge in [0.2, 0.25) is 5.82 Å². The summed E-state index contributed by atoms with van der Waals surface area (Å²) in [5.41, 5.74) is 1.79. The van der Waals surface area contributed by atoms with Crippen molar-refractivity contribution in [1.29, 1.82) is 0 Å². The second-order valence-electron chi connectivity index (χ2n) is 7.19. The molecule has 4 aromatic carbocycles. The lowest BCUT2D eigenvalue weighted by Gasteiger charge is -2.10. The van der Waals surface area contributed by atoms with Crippen molar-refractivity contribution in [2.24, 2.45) is 0 Å². The summed E-state index contributed by atoms with van der Waals surface area (Å²) in [6, 6.07) is 28.3. The molecule has 5 rings (SSSR count). The maximum Gasteiger partial charge on any atom is 0.255 e. The predicted molar refractivity (Wildman–Crippen MR) is 131 cm³/mol. The van der Waals surface area contributed by atoms with E-state index in [1.54, 1.807) is 37.3 Å². The molecule has 5 aromatic rings. The molecule has 1 aromatic heterocycles. The van der Waals surface area contributed by atoms with Crippen LogP contribution >= 0.6 is 0 Å². The number of tetrazole rings is 1. The highest BCUT2D eigenvalue weighted by molar-refractivity contribution is 6.06. The van der Waals surface area contributed by atoms with E-state index >= 15 is 0 Å². The Labute approximate surface area is 196 Å². The summed E-state index contributed by atoms with van der Waals surface area (Å²) in [5.74, 6) is 1.56. The largest absolute Gasteiger partial charge is 0.457 e. The lowest BCUT2D eigenvalue weighted by Crippen LogP contribution is -2.12. The van der Waals surface area contributed by atoms with Gasteiger partial charge in [0.1, 0.15) is 11.5 Å². The number of carbonyl (C=O) groups excluding carboxylic acids is 1. The lowest BCUT2D eigenvalue weighted by molar-refractivity contribution is 0.102. The van der Waals surface area contributed by atoms with Crippen LogP contribution in [0, 0.1) is 0 Å². The number of nitrogens with zero attached hydrogens (tertiary/aromatic N) is 3. The van der Waals surface area contributed by atoms with Crippen LogP contribution in [0.25, 0.3) is 22.2 Å². The van der Waals surface area contributed by atoms with E-state index in [0.29, 0.717) is 28.4 Å². The summed E-state index contributed by atoms with van der Waals surface area (Å²) in [4.78, 5) is 12.7. The van der Waals surface area contributed by atoms with Crippen molar-refractivity contribution < 1.29 is 14.6 Å². The first kappa shape index (κ1) is 22.6. The Morgan fingerprint density at radius 3 is 2.32 bits per heavy atom. The normalized spacial score (nSPS) is 10.3. The Kier molecular flexibility index (Phi) is 7.22. The third kappa shape index (κ3) is 5.43. The molecule has 0 aliphatic rings. The summed E-state index contributed by atoms with van der Waals surface area (Å²) in [6.07, 6.45) is 0. The van der Waals surface area contributed by atoms with Crippen molar-refractivity contribution in [2.45, 2.75) is 6.92 Å². The number of rotatable bonds is 5. The number of fused-ring (bicyclic) bond motifs is 1. The number of H-pyrrole nitrogens is 1. The summed E-state index contributed by atoms with van der Waals surface area (Å²) in [5, 5.41) is 26.7. The second-order valence-corrected chi connectivity index (χ2v) is 7.19. The molecular formula is C26H23N5O3. The molecule has 0 radical (unpaired) electrons. The number of aliphatic hydroxyl groups is 1. The summed E-state index contributed by atoms with van der Waals surface area (Å²) in [6.45, 7) is 1.93. The Hall–Kier alpha value is -4.56. The van der Waals surface area contributed by atoms with Crippen LogP contribution < -0.4 is 10.1 Å². The fourth-order valence-electron chi connectivity index (χ4n) is 3.30. The fourth-order valence-corrected chi connectivity index (χ4v) is 3.30. The van der Waals surface area contributed by atoms with Crippen molar-refractivity contribution in [3.8, 4) is 22.9 Å². The van der Waals surface area contributed by atoms with Gasteiger partial charge in [-0.25, -0.2) is 0 Å². The highest BCUT2D eigenvalue weighted by Crippen LogP contribution is 2.27. The Balaban J connectivity index is 0.000000868. The minimum Gasteiger partial charge on any atom is -0.457 e. The smallest absolute Gasteiger partial charge is 0.255 e. The third-order valence-corrected chi connectivity index (χ3v) is 4.83. The van der Waals surface area contributed by atoms with Gasteiger partial charge < -0.3 is 15.2 Å². The van der Waals surface area contributed by atoms with E-state index in [1.165, 1.54) is 0 Å². The molecule has 1 amide bonds. The van der Waals surface area contributed by atoms with Crippen LogP contribution in [0.4, 0.5) is 5.69 Å². The van der Waals surface area contributed by atoms with Gasteiger partial charge in [0, 0.05) is 17.7 Å². The molecule has 3 N–H and O–H groups in total. The summed E-state index contributed by atoms with van der Waals surface area (Å²) >= 11 is 0. The molecule has 170 valence electrons. The maximum atomic E-state index is 12.7. The molecule has 8 nitrogen and oxygen atoms in total. The summed E-state index contributed by atoms with van der Waals surface area (Å²) in [7, 11) is 0. The van der Waals surface area contributed by atoms with Gasteiger partial charge in [-0.1, -0.05) is 42.5 Å². The van der Waals surface area contributed by atoms with Gasteiger partial charge in [-0.2, -0.15) is 5.21 Å².